The number of ether oxygens (including phenoxy) is 1. The van der Waals surface area contributed by atoms with E-state index < -0.39 is 6.10 Å². The molecule has 24 heavy (non-hydrogen) atoms. The van der Waals surface area contributed by atoms with Gasteiger partial charge >= 0.3 is 0 Å². The van der Waals surface area contributed by atoms with Crippen LogP contribution in [0.4, 0.5) is 0 Å². The Balaban J connectivity index is 1.57. The molecule has 3 rings (SSSR count). The van der Waals surface area contributed by atoms with Gasteiger partial charge in [0.1, 0.15) is 24.3 Å². The molecule has 1 aliphatic rings. The number of rotatable bonds is 5. The van der Waals surface area contributed by atoms with E-state index in [1.54, 1.807) is 6.92 Å². The summed E-state index contributed by atoms with van der Waals surface area (Å²) in [5.41, 5.74) is 3.59. The summed E-state index contributed by atoms with van der Waals surface area (Å²) in [6.45, 7) is 7.53. The molecule has 0 bridgehead atoms. The Bertz CT molecular complexity index is 801. The molecule has 2 N–H and O–H groups in total. The van der Waals surface area contributed by atoms with E-state index in [-0.39, 0.29) is 12.2 Å². The van der Waals surface area contributed by atoms with Gasteiger partial charge in [0.25, 0.3) is 5.56 Å². The first-order valence-corrected chi connectivity index (χ1v) is 8.11. The van der Waals surface area contributed by atoms with Gasteiger partial charge in [0, 0.05) is 19.6 Å². The van der Waals surface area contributed by atoms with Crippen molar-refractivity contribution in [1.29, 1.82) is 0 Å². The highest BCUT2D eigenvalue weighted by molar-refractivity contribution is 5.36. The average Bonchev–Trinajstić information content (AvgIpc) is 2.90. The first-order valence-electron chi connectivity index (χ1n) is 8.11. The summed E-state index contributed by atoms with van der Waals surface area (Å²) in [6, 6.07) is 6.01. The highest BCUT2D eigenvalue weighted by Crippen LogP contribution is 2.20. The van der Waals surface area contributed by atoms with Gasteiger partial charge in [0.15, 0.2) is 0 Å². The van der Waals surface area contributed by atoms with E-state index in [1.807, 2.05) is 36.9 Å². The van der Waals surface area contributed by atoms with Gasteiger partial charge in [-0.2, -0.15) is 0 Å². The fourth-order valence-corrected chi connectivity index (χ4v) is 2.98. The molecule has 1 atom stereocenters. The SMILES string of the molecule is Cc1ccc(C)c(OCC(O)CN2Cc3nc(C)[nH]c(=O)c3C2)c1. The van der Waals surface area contributed by atoms with Crippen LogP contribution in [-0.2, 0) is 13.1 Å². The number of hydrogen-bond donors (Lipinski definition) is 2. The molecule has 0 aliphatic carbocycles. The second-order valence-electron chi connectivity index (χ2n) is 6.48. The van der Waals surface area contributed by atoms with Crippen LogP contribution in [-0.4, -0.2) is 39.2 Å². The molecule has 1 unspecified atom stereocenters. The molecular weight excluding hydrogens is 306 g/mol. The number of aromatic amines is 1. The largest absolute Gasteiger partial charge is 0.491 e. The third kappa shape index (κ3) is 3.66. The molecule has 0 spiro atoms. The van der Waals surface area contributed by atoms with Gasteiger partial charge in [-0.25, -0.2) is 4.98 Å². The van der Waals surface area contributed by atoms with E-state index in [4.69, 9.17) is 4.74 Å². The van der Waals surface area contributed by atoms with Gasteiger partial charge in [0.05, 0.1) is 11.3 Å². The second-order valence-corrected chi connectivity index (χ2v) is 6.48. The van der Waals surface area contributed by atoms with Gasteiger partial charge in [-0.05, 0) is 38.0 Å². The first-order chi connectivity index (χ1) is 11.4. The van der Waals surface area contributed by atoms with Crippen molar-refractivity contribution in [2.45, 2.75) is 40.0 Å². The summed E-state index contributed by atoms with van der Waals surface area (Å²) >= 11 is 0. The quantitative estimate of drug-likeness (QED) is 0.868. The standard InChI is InChI=1S/C18H23N3O3/c1-11-4-5-12(2)17(6-11)24-10-14(22)7-21-8-15-16(9-21)19-13(3)20-18(15)23/h4-6,14,22H,7-10H2,1-3H3,(H,19,20,23). The van der Waals surface area contributed by atoms with Gasteiger partial charge in [-0.3, -0.25) is 9.69 Å². The lowest BCUT2D eigenvalue weighted by molar-refractivity contribution is 0.0668. The number of benzene rings is 1. The van der Waals surface area contributed by atoms with Crippen LogP contribution in [0.5, 0.6) is 5.75 Å². The molecule has 128 valence electrons. The molecule has 2 heterocycles. The van der Waals surface area contributed by atoms with Gasteiger partial charge in [0.2, 0.25) is 0 Å². The fraction of sp³-hybridized carbons (Fsp3) is 0.444. The van der Waals surface area contributed by atoms with E-state index in [0.29, 0.717) is 31.0 Å². The maximum atomic E-state index is 11.9. The Labute approximate surface area is 141 Å². The molecule has 0 saturated heterocycles. The van der Waals surface area contributed by atoms with Gasteiger partial charge < -0.3 is 14.8 Å². The Morgan fingerprint density at radius 3 is 2.92 bits per heavy atom. The fourth-order valence-electron chi connectivity index (χ4n) is 2.98. The van der Waals surface area contributed by atoms with E-state index in [2.05, 4.69) is 9.97 Å². The maximum Gasteiger partial charge on any atom is 0.255 e. The van der Waals surface area contributed by atoms with Crippen molar-refractivity contribution in [2.75, 3.05) is 13.2 Å². The minimum Gasteiger partial charge on any atom is -0.491 e. The number of fused-ring (bicyclic) bond motifs is 1. The summed E-state index contributed by atoms with van der Waals surface area (Å²) in [5.74, 6) is 1.42. The maximum absolute atomic E-state index is 11.9. The molecule has 0 radical (unpaired) electrons. The molecule has 6 nitrogen and oxygen atoms in total. The smallest absolute Gasteiger partial charge is 0.255 e. The Kier molecular flexibility index (Phi) is 4.69. The number of aliphatic hydroxyl groups is 1. The zero-order valence-electron chi connectivity index (χ0n) is 14.3. The van der Waals surface area contributed by atoms with Crippen LogP contribution < -0.4 is 10.3 Å². The van der Waals surface area contributed by atoms with Crippen LogP contribution in [0, 0.1) is 20.8 Å². The average molecular weight is 329 g/mol. The van der Waals surface area contributed by atoms with Crippen LogP contribution >= 0.6 is 0 Å². The minimum absolute atomic E-state index is 0.0823. The summed E-state index contributed by atoms with van der Waals surface area (Å²) in [6.07, 6.45) is -0.626. The van der Waals surface area contributed by atoms with E-state index >= 15 is 0 Å². The van der Waals surface area contributed by atoms with Crippen LogP contribution in [0.1, 0.15) is 28.2 Å². The number of nitrogens with zero attached hydrogens (tertiary/aromatic N) is 2. The number of nitrogens with one attached hydrogen (secondary N) is 1. The third-order valence-electron chi connectivity index (χ3n) is 4.22. The number of aryl methyl sites for hydroxylation is 3. The van der Waals surface area contributed by atoms with E-state index in [0.717, 1.165) is 22.6 Å². The molecule has 0 amide bonds. The van der Waals surface area contributed by atoms with Crippen LogP contribution in [0.25, 0.3) is 0 Å². The van der Waals surface area contributed by atoms with Crippen molar-refractivity contribution in [3.63, 3.8) is 0 Å². The summed E-state index contributed by atoms with van der Waals surface area (Å²) in [4.78, 5) is 21.1. The summed E-state index contributed by atoms with van der Waals surface area (Å²) in [7, 11) is 0. The van der Waals surface area contributed by atoms with E-state index in [1.165, 1.54) is 0 Å². The number of H-pyrrole nitrogens is 1. The van der Waals surface area contributed by atoms with Crippen molar-refractivity contribution < 1.29 is 9.84 Å². The lowest BCUT2D eigenvalue weighted by Gasteiger charge is -2.20. The lowest BCUT2D eigenvalue weighted by atomic mass is 10.1. The molecule has 0 fully saturated rings. The zero-order valence-corrected chi connectivity index (χ0v) is 14.3. The van der Waals surface area contributed by atoms with E-state index in [9.17, 15) is 9.90 Å². The van der Waals surface area contributed by atoms with Crippen molar-refractivity contribution >= 4 is 0 Å². The Morgan fingerprint density at radius 1 is 1.33 bits per heavy atom. The van der Waals surface area contributed by atoms with Crippen molar-refractivity contribution in [3.8, 4) is 5.75 Å². The number of aromatic nitrogens is 2. The predicted octanol–water partition coefficient (Wildman–Crippen LogP) is 1.45. The summed E-state index contributed by atoms with van der Waals surface area (Å²) in [5, 5.41) is 10.3. The van der Waals surface area contributed by atoms with Crippen molar-refractivity contribution in [1.82, 2.24) is 14.9 Å². The van der Waals surface area contributed by atoms with Gasteiger partial charge in [-0.15, -0.1) is 0 Å². The van der Waals surface area contributed by atoms with Crippen molar-refractivity contribution in [2.24, 2.45) is 0 Å². The third-order valence-corrected chi connectivity index (χ3v) is 4.22. The van der Waals surface area contributed by atoms with Crippen LogP contribution in [0.3, 0.4) is 0 Å². The molecule has 2 aromatic rings. The van der Waals surface area contributed by atoms with Crippen molar-refractivity contribution in [3.05, 3.63) is 56.8 Å². The number of aliphatic hydroxyl groups excluding tert-OH is 1. The zero-order chi connectivity index (χ0) is 17.3. The highest BCUT2D eigenvalue weighted by Gasteiger charge is 2.25. The lowest BCUT2D eigenvalue weighted by Crippen LogP contribution is -2.32. The first kappa shape index (κ1) is 16.7. The predicted molar refractivity (Wildman–Crippen MR) is 91.1 cm³/mol. The van der Waals surface area contributed by atoms with Gasteiger partial charge in [-0.1, -0.05) is 12.1 Å². The minimum atomic E-state index is -0.626. The number of β-amino-alcohol motifs (C(OH)–C–C–N with tert-alkyl or cyclic N) is 1. The second kappa shape index (κ2) is 6.75. The van der Waals surface area contributed by atoms with Crippen LogP contribution in [0.2, 0.25) is 0 Å². The van der Waals surface area contributed by atoms with Crippen LogP contribution in [0.15, 0.2) is 23.0 Å². The normalized spacial score (nSPS) is 15.3. The monoisotopic (exact) mass is 329 g/mol. The molecule has 6 heteroatoms. The molecule has 0 saturated carbocycles. The summed E-state index contributed by atoms with van der Waals surface area (Å²) < 4.78 is 5.75. The topological polar surface area (TPSA) is 78.5 Å². The molecule has 1 aromatic heterocycles. The molecule has 1 aliphatic heterocycles. The Morgan fingerprint density at radius 2 is 2.12 bits per heavy atom. The highest BCUT2D eigenvalue weighted by atomic mass is 16.5. The number of hydrogen-bond acceptors (Lipinski definition) is 5. The molecular formula is C18H23N3O3. The molecule has 1 aromatic carbocycles. The Hall–Kier alpha value is -2.18.